The number of aromatic amines is 1. The van der Waals surface area contributed by atoms with Crippen LogP contribution in [0.25, 0.3) is 33.7 Å². The Morgan fingerprint density at radius 1 is 1.21 bits per heavy atom. The van der Waals surface area contributed by atoms with Crippen LogP contribution >= 0.6 is 0 Å². The van der Waals surface area contributed by atoms with E-state index >= 15 is 0 Å². The lowest BCUT2D eigenvalue weighted by Crippen LogP contribution is -2.09. The van der Waals surface area contributed by atoms with Crippen LogP contribution in [0.3, 0.4) is 0 Å². The molecule has 0 spiro atoms. The van der Waals surface area contributed by atoms with Gasteiger partial charge in [0.05, 0.1) is 18.2 Å². The van der Waals surface area contributed by atoms with E-state index in [1.807, 2.05) is 6.07 Å². The lowest BCUT2D eigenvalue weighted by Gasteiger charge is -2.03. The van der Waals surface area contributed by atoms with Crippen molar-refractivity contribution in [2.45, 2.75) is 0 Å². The molecule has 3 heterocycles. The van der Waals surface area contributed by atoms with E-state index in [0.29, 0.717) is 28.3 Å². The number of rotatable bonds is 3. The first kappa shape index (κ1) is 14.1. The highest BCUT2D eigenvalue weighted by atomic mass is 16.5. The van der Waals surface area contributed by atoms with Crippen molar-refractivity contribution < 1.29 is 9.26 Å². The van der Waals surface area contributed by atoms with Crippen LogP contribution < -0.4 is 10.3 Å². The van der Waals surface area contributed by atoms with E-state index in [2.05, 4.69) is 20.1 Å². The van der Waals surface area contributed by atoms with Crippen molar-refractivity contribution in [3.63, 3.8) is 0 Å². The molecule has 0 bridgehead atoms. The predicted molar refractivity (Wildman–Crippen MR) is 87.6 cm³/mol. The SMILES string of the molecule is COc1ccc2[nH]c(=O)c(-c3noc(-c4cccnc4)n3)cc2c1. The second-order valence-corrected chi connectivity index (χ2v) is 5.13. The average Bonchev–Trinajstić information content (AvgIpc) is 3.11. The molecule has 0 atom stereocenters. The standard InChI is InChI=1S/C17H12N4O3/c1-23-12-4-5-14-11(7-12)8-13(16(22)19-14)15-20-17(24-21-15)10-3-2-6-18-9-10/h2-9H,1H3,(H,19,22). The summed E-state index contributed by atoms with van der Waals surface area (Å²) in [5.41, 5.74) is 1.44. The normalized spacial score (nSPS) is 10.9. The Balaban J connectivity index is 1.83. The van der Waals surface area contributed by atoms with Gasteiger partial charge >= 0.3 is 0 Å². The zero-order valence-electron chi connectivity index (χ0n) is 12.7. The van der Waals surface area contributed by atoms with E-state index < -0.39 is 0 Å². The number of hydrogen-bond acceptors (Lipinski definition) is 6. The monoisotopic (exact) mass is 320 g/mol. The van der Waals surface area contributed by atoms with Gasteiger partial charge in [0.25, 0.3) is 11.4 Å². The summed E-state index contributed by atoms with van der Waals surface area (Å²) >= 11 is 0. The summed E-state index contributed by atoms with van der Waals surface area (Å²) in [6.07, 6.45) is 3.27. The molecule has 0 unspecified atom stereocenters. The summed E-state index contributed by atoms with van der Waals surface area (Å²) in [6.45, 7) is 0. The molecule has 0 amide bonds. The first-order valence-electron chi connectivity index (χ1n) is 7.20. The van der Waals surface area contributed by atoms with Crippen molar-refractivity contribution in [3.05, 3.63) is 59.1 Å². The lowest BCUT2D eigenvalue weighted by molar-refractivity contribution is 0.415. The number of H-pyrrole nitrogens is 1. The highest BCUT2D eigenvalue weighted by Crippen LogP contribution is 2.23. The number of ether oxygens (including phenoxy) is 1. The number of benzene rings is 1. The zero-order chi connectivity index (χ0) is 16.5. The Morgan fingerprint density at radius 2 is 2.12 bits per heavy atom. The first-order chi connectivity index (χ1) is 11.7. The van der Waals surface area contributed by atoms with Crippen LogP contribution in [0.5, 0.6) is 5.75 Å². The van der Waals surface area contributed by atoms with Crippen molar-refractivity contribution in [2.24, 2.45) is 0 Å². The van der Waals surface area contributed by atoms with Gasteiger partial charge in [0.1, 0.15) is 5.75 Å². The molecular weight excluding hydrogens is 308 g/mol. The van der Waals surface area contributed by atoms with Gasteiger partial charge in [-0.1, -0.05) is 5.16 Å². The van der Waals surface area contributed by atoms with E-state index in [1.165, 1.54) is 0 Å². The van der Waals surface area contributed by atoms with Gasteiger partial charge in [-0.2, -0.15) is 4.98 Å². The predicted octanol–water partition coefficient (Wildman–Crippen LogP) is 2.65. The summed E-state index contributed by atoms with van der Waals surface area (Å²) in [5.74, 6) is 1.23. The molecule has 7 heteroatoms. The summed E-state index contributed by atoms with van der Waals surface area (Å²) in [5, 5.41) is 4.72. The smallest absolute Gasteiger partial charge is 0.259 e. The molecule has 0 aliphatic rings. The molecule has 0 aliphatic heterocycles. The molecule has 0 saturated heterocycles. The third-order valence-corrected chi connectivity index (χ3v) is 3.63. The molecule has 4 aromatic rings. The fourth-order valence-electron chi connectivity index (χ4n) is 2.42. The molecule has 7 nitrogen and oxygen atoms in total. The number of pyridine rings is 2. The third kappa shape index (κ3) is 2.41. The van der Waals surface area contributed by atoms with E-state index in [9.17, 15) is 4.79 Å². The molecule has 0 saturated carbocycles. The van der Waals surface area contributed by atoms with Crippen molar-refractivity contribution in [1.82, 2.24) is 20.1 Å². The summed E-state index contributed by atoms with van der Waals surface area (Å²) in [6, 6.07) is 10.7. The van der Waals surface area contributed by atoms with E-state index in [0.717, 1.165) is 5.39 Å². The van der Waals surface area contributed by atoms with Gasteiger partial charge in [-0.05, 0) is 36.4 Å². The zero-order valence-corrected chi connectivity index (χ0v) is 12.7. The minimum absolute atomic E-state index is 0.222. The highest BCUT2D eigenvalue weighted by molar-refractivity contribution is 5.83. The largest absolute Gasteiger partial charge is 0.497 e. The van der Waals surface area contributed by atoms with Gasteiger partial charge in [0.2, 0.25) is 5.82 Å². The second-order valence-electron chi connectivity index (χ2n) is 5.13. The Hall–Kier alpha value is -3.48. The van der Waals surface area contributed by atoms with Crippen molar-refractivity contribution in [1.29, 1.82) is 0 Å². The van der Waals surface area contributed by atoms with Crippen molar-refractivity contribution in [2.75, 3.05) is 7.11 Å². The van der Waals surface area contributed by atoms with Crippen molar-refractivity contribution >= 4 is 10.9 Å². The Labute approximate surface area is 135 Å². The first-order valence-corrected chi connectivity index (χ1v) is 7.20. The molecule has 3 aromatic heterocycles. The highest BCUT2D eigenvalue weighted by Gasteiger charge is 2.14. The van der Waals surface area contributed by atoms with Gasteiger partial charge in [-0.3, -0.25) is 9.78 Å². The minimum atomic E-state index is -0.286. The molecule has 118 valence electrons. The second kappa shape index (κ2) is 5.62. The van der Waals surface area contributed by atoms with Crippen LogP contribution in [0, 0.1) is 0 Å². The van der Waals surface area contributed by atoms with Gasteiger partial charge in [0, 0.05) is 23.3 Å². The number of fused-ring (bicyclic) bond motifs is 1. The maximum Gasteiger partial charge on any atom is 0.259 e. The lowest BCUT2D eigenvalue weighted by atomic mass is 10.1. The van der Waals surface area contributed by atoms with Gasteiger partial charge in [-0.25, -0.2) is 0 Å². The van der Waals surface area contributed by atoms with E-state index in [4.69, 9.17) is 9.26 Å². The fraction of sp³-hybridized carbons (Fsp3) is 0.0588. The third-order valence-electron chi connectivity index (χ3n) is 3.63. The van der Waals surface area contributed by atoms with E-state index in [1.54, 1.807) is 49.8 Å². The van der Waals surface area contributed by atoms with Crippen LogP contribution in [0.2, 0.25) is 0 Å². The number of hydrogen-bond donors (Lipinski definition) is 1. The summed E-state index contributed by atoms with van der Waals surface area (Å²) in [7, 11) is 1.59. The topological polar surface area (TPSA) is 93.9 Å². The Kier molecular flexibility index (Phi) is 3.31. The maximum absolute atomic E-state index is 12.3. The molecule has 0 fully saturated rings. The Morgan fingerprint density at radius 3 is 2.92 bits per heavy atom. The number of nitrogens with one attached hydrogen (secondary N) is 1. The minimum Gasteiger partial charge on any atom is -0.497 e. The van der Waals surface area contributed by atoms with Crippen LogP contribution in [0.1, 0.15) is 0 Å². The number of methoxy groups -OCH3 is 1. The molecule has 0 radical (unpaired) electrons. The molecule has 0 aliphatic carbocycles. The molecular formula is C17H12N4O3. The van der Waals surface area contributed by atoms with Crippen LogP contribution in [-0.4, -0.2) is 27.2 Å². The summed E-state index contributed by atoms with van der Waals surface area (Å²) < 4.78 is 10.4. The molecule has 4 rings (SSSR count). The maximum atomic E-state index is 12.3. The van der Waals surface area contributed by atoms with Gasteiger partial charge in [-0.15, -0.1) is 0 Å². The molecule has 24 heavy (non-hydrogen) atoms. The van der Waals surface area contributed by atoms with Crippen LogP contribution in [0.15, 0.2) is 58.1 Å². The fourth-order valence-corrected chi connectivity index (χ4v) is 2.42. The van der Waals surface area contributed by atoms with Crippen LogP contribution in [-0.2, 0) is 0 Å². The van der Waals surface area contributed by atoms with Crippen molar-refractivity contribution in [3.8, 4) is 28.6 Å². The van der Waals surface area contributed by atoms with Gasteiger partial charge < -0.3 is 14.2 Å². The number of nitrogens with zero attached hydrogens (tertiary/aromatic N) is 3. The van der Waals surface area contributed by atoms with Gasteiger partial charge in [0.15, 0.2) is 0 Å². The molecule has 1 N–H and O–H groups in total. The average molecular weight is 320 g/mol. The Bertz CT molecular complexity index is 1070. The number of aromatic nitrogens is 4. The quantitative estimate of drug-likeness (QED) is 0.623. The molecule has 1 aromatic carbocycles. The summed E-state index contributed by atoms with van der Waals surface area (Å²) in [4.78, 5) is 23.4. The van der Waals surface area contributed by atoms with E-state index in [-0.39, 0.29) is 11.4 Å². The van der Waals surface area contributed by atoms with Crippen LogP contribution in [0.4, 0.5) is 0 Å².